The van der Waals surface area contributed by atoms with Gasteiger partial charge >= 0.3 is 0 Å². The van der Waals surface area contributed by atoms with Crippen LogP contribution in [0.2, 0.25) is 0 Å². The molecule has 0 saturated carbocycles. The van der Waals surface area contributed by atoms with Gasteiger partial charge < -0.3 is 14.2 Å². The topological polar surface area (TPSA) is 27.7 Å². The van der Waals surface area contributed by atoms with Crippen molar-refractivity contribution in [2.24, 2.45) is 5.92 Å². The van der Waals surface area contributed by atoms with Gasteiger partial charge in [0.15, 0.2) is 6.29 Å². The normalized spacial score (nSPS) is 19.9. The van der Waals surface area contributed by atoms with E-state index < -0.39 is 0 Å². The van der Waals surface area contributed by atoms with Gasteiger partial charge in [-0.05, 0) is 5.92 Å². The summed E-state index contributed by atoms with van der Waals surface area (Å²) in [6, 6.07) is 0. The first-order chi connectivity index (χ1) is 5.29. The highest BCUT2D eigenvalue weighted by atomic mass is 16.7. The fourth-order valence-corrected chi connectivity index (χ4v) is 0.903. The first kappa shape index (κ1) is 8.97. The van der Waals surface area contributed by atoms with Crippen LogP contribution < -0.4 is 0 Å². The van der Waals surface area contributed by atoms with Crippen LogP contribution >= 0.6 is 0 Å². The fourth-order valence-electron chi connectivity index (χ4n) is 0.903. The van der Waals surface area contributed by atoms with Gasteiger partial charge in [-0.3, -0.25) is 0 Å². The molecule has 1 fully saturated rings. The Kier molecular flexibility index (Phi) is 3.83. The molecule has 1 rings (SSSR count). The SMILES string of the molecule is CC(C)COCC1OCCO1. The Morgan fingerprint density at radius 2 is 2.00 bits per heavy atom. The standard InChI is InChI=1S/C8H16O3/c1-7(2)5-9-6-8-10-3-4-11-8/h7-8H,3-6H2,1-2H3. The molecule has 0 atom stereocenters. The van der Waals surface area contributed by atoms with Crippen molar-refractivity contribution in [3.8, 4) is 0 Å². The summed E-state index contributed by atoms with van der Waals surface area (Å²) in [6.45, 7) is 7.00. The van der Waals surface area contributed by atoms with Crippen LogP contribution in [0.5, 0.6) is 0 Å². The number of ether oxygens (including phenoxy) is 3. The molecule has 0 N–H and O–H groups in total. The molecule has 0 aromatic carbocycles. The van der Waals surface area contributed by atoms with Gasteiger partial charge in [-0.2, -0.15) is 0 Å². The van der Waals surface area contributed by atoms with Crippen molar-refractivity contribution >= 4 is 0 Å². The Morgan fingerprint density at radius 3 is 2.55 bits per heavy atom. The quantitative estimate of drug-likeness (QED) is 0.614. The van der Waals surface area contributed by atoms with Crippen LogP contribution in [0.4, 0.5) is 0 Å². The molecule has 1 saturated heterocycles. The van der Waals surface area contributed by atoms with Gasteiger partial charge in [-0.15, -0.1) is 0 Å². The lowest BCUT2D eigenvalue weighted by Gasteiger charge is -2.10. The zero-order valence-electron chi connectivity index (χ0n) is 7.21. The Labute approximate surface area is 67.6 Å². The number of hydrogen-bond acceptors (Lipinski definition) is 3. The summed E-state index contributed by atoms with van der Waals surface area (Å²) in [5.41, 5.74) is 0. The van der Waals surface area contributed by atoms with Crippen LogP contribution in [-0.4, -0.2) is 32.7 Å². The average molecular weight is 160 g/mol. The third-order valence-corrected chi connectivity index (χ3v) is 1.40. The second-order valence-corrected chi connectivity index (χ2v) is 3.10. The first-order valence-electron chi connectivity index (χ1n) is 4.10. The van der Waals surface area contributed by atoms with Crippen LogP contribution in [0.25, 0.3) is 0 Å². The van der Waals surface area contributed by atoms with Crippen molar-refractivity contribution in [2.45, 2.75) is 20.1 Å². The number of rotatable bonds is 4. The van der Waals surface area contributed by atoms with Crippen molar-refractivity contribution < 1.29 is 14.2 Å². The Morgan fingerprint density at radius 1 is 1.36 bits per heavy atom. The molecule has 1 heterocycles. The van der Waals surface area contributed by atoms with E-state index in [0.29, 0.717) is 25.7 Å². The lowest BCUT2D eigenvalue weighted by Crippen LogP contribution is -2.17. The zero-order valence-corrected chi connectivity index (χ0v) is 7.21. The van der Waals surface area contributed by atoms with Crippen LogP contribution in [0.1, 0.15) is 13.8 Å². The lowest BCUT2D eigenvalue weighted by atomic mass is 10.2. The smallest absolute Gasteiger partial charge is 0.181 e. The molecule has 0 radical (unpaired) electrons. The average Bonchev–Trinajstić information content (AvgIpc) is 2.39. The van der Waals surface area contributed by atoms with E-state index in [9.17, 15) is 0 Å². The monoisotopic (exact) mass is 160 g/mol. The highest BCUT2D eigenvalue weighted by molar-refractivity contribution is 4.50. The summed E-state index contributed by atoms with van der Waals surface area (Å²) >= 11 is 0. The lowest BCUT2D eigenvalue weighted by molar-refractivity contribution is -0.0971. The van der Waals surface area contributed by atoms with Gasteiger partial charge in [-0.25, -0.2) is 0 Å². The Balaban J connectivity index is 1.94. The van der Waals surface area contributed by atoms with E-state index in [-0.39, 0.29) is 6.29 Å². The maximum atomic E-state index is 5.33. The van der Waals surface area contributed by atoms with Crippen LogP contribution in [0.15, 0.2) is 0 Å². The van der Waals surface area contributed by atoms with Crippen molar-refractivity contribution in [3.05, 3.63) is 0 Å². The van der Waals surface area contributed by atoms with Crippen LogP contribution in [0, 0.1) is 5.92 Å². The molecule has 0 amide bonds. The van der Waals surface area contributed by atoms with E-state index >= 15 is 0 Å². The summed E-state index contributed by atoms with van der Waals surface area (Å²) in [7, 11) is 0. The maximum absolute atomic E-state index is 5.33. The van der Waals surface area contributed by atoms with Crippen molar-refractivity contribution in [1.82, 2.24) is 0 Å². The van der Waals surface area contributed by atoms with Crippen molar-refractivity contribution in [3.63, 3.8) is 0 Å². The summed E-state index contributed by atoms with van der Waals surface area (Å²) in [6.07, 6.45) is -0.117. The molecule has 0 aromatic rings. The van der Waals surface area contributed by atoms with Gasteiger partial charge in [-0.1, -0.05) is 13.8 Å². The molecule has 3 heteroatoms. The minimum Gasteiger partial charge on any atom is -0.376 e. The first-order valence-corrected chi connectivity index (χ1v) is 4.10. The molecular formula is C8H16O3. The van der Waals surface area contributed by atoms with Gasteiger partial charge in [0, 0.05) is 6.61 Å². The zero-order chi connectivity index (χ0) is 8.10. The van der Waals surface area contributed by atoms with E-state index in [4.69, 9.17) is 14.2 Å². The summed E-state index contributed by atoms with van der Waals surface area (Å²) in [5, 5.41) is 0. The third kappa shape index (κ3) is 3.70. The minimum atomic E-state index is -0.117. The summed E-state index contributed by atoms with van der Waals surface area (Å²) < 4.78 is 15.7. The van der Waals surface area contributed by atoms with E-state index in [1.54, 1.807) is 0 Å². The van der Waals surface area contributed by atoms with E-state index in [1.807, 2.05) is 0 Å². The maximum Gasteiger partial charge on any atom is 0.181 e. The third-order valence-electron chi connectivity index (χ3n) is 1.40. The fraction of sp³-hybridized carbons (Fsp3) is 1.00. The highest BCUT2D eigenvalue weighted by Crippen LogP contribution is 2.04. The van der Waals surface area contributed by atoms with Crippen LogP contribution in [0.3, 0.4) is 0 Å². The summed E-state index contributed by atoms with van der Waals surface area (Å²) in [5.74, 6) is 0.580. The molecule has 0 aliphatic carbocycles. The van der Waals surface area contributed by atoms with Crippen LogP contribution in [-0.2, 0) is 14.2 Å². The largest absolute Gasteiger partial charge is 0.376 e. The van der Waals surface area contributed by atoms with Gasteiger partial charge in [0.25, 0.3) is 0 Å². The van der Waals surface area contributed by atoms with Gasteiger partial charge in [0.05, 0.1) is 19.8 Å². The van der Waals surface area contributed by atoms with E-state index in [1.165, 1.54) is 0 Å². The van der Waals surface area contributed by atoms with Gasteiger partial charge in [0.2, 0.25) is 0 Å². The molecule has 3 nitrogen and oxygen atoms in total. The van der Waals surface area contributed by atoms with E-state index in [2.05, 4.69) is 13.8 Å². The molecule has 11 heavy (non-hydrogen) atoms. The molecule has 0 bridgehead atoms. The Hall–Kier alpha value is -0.120. The van der Waals surface area contributed by atoms with Crippen molar-refractivity contribution in [1.29, 1.82) is 0 Å². The predicted molar refractivity (Wildman–Crippen MR) is 41.3 cm³/mol. The predicted octanol–water partition coefficient (Wildman–Crippen LogP) is 1.03. The Bertz CT molecular complexity index is 97.5. The van der Waals surface area contributed by atoms with E-state index in [0.717, 1.165) is 6.61 Å². The molecule has 0 aromatic heterocycles. The molecule has 66 valence electrons. The van der Waals surface area contributed by atoms with Crippen molar-refractivity contribution in [2.75, 3.05) is 26.4 Å². The minimum absolute atomic E-state index is 0.117. The molecular weight excluding hydrogens is 144 g/mol. The second kappa shape index (κ2) is 4.70. The molecule has 1 aliphatic heterocycles. The number of hydrogen-bond donors (Lipinski definition) is 0. The van der Waals surface area contributed by atoms with Gasteiger partial charge in [0.1, 0.15) is 0 Å². The molecule has 0 unspecified atom stereocenters. The highest BCUT2D eigenvalue weighted by Gasteiger charge is 2.15. The summed E-state index contributed by atoms with van der Waals surface area (Å²) in [4.78, 5) is 0. The second-order valence-electron chi connectivity index (χ2n) is 3.10. The molecule has 0 spiro atoms. The molecule has 1 aliphatic rings.